The van der Waals surface area contributed by atoms with Gasteiger partial charge in [-0.15, -0.1) is 0 Å². The molecule has 0 bridgehead atoms. The Hall–Kier alpha value is -2.66. The number of carbonyl (C=O) groups is 1. The molecule has 0 unspecified atom stereocenters. The van der Waals surface area contributed by atoms with Gasteiger partial charge in [-0.1, -0.05) is 35.9 Å². The number of benzene rings is 2. The van der Waals surface area contributed by atoms with Gasteiger partial charge in [0.2, 0.25) is 5.91 Å². The van der Waals surface area contributed by atoms with E-state index in [-0.39, 0.29) is 18.1 Å². The van der Waals surface area contributed by atoms with Crippen molar-refractivity contribution in [2.24, 2.45) is 0 Å². The van der Waals surface area contributed by atoms with E-state index in [1.165, 1.54) is 12.3 Å². The van der Waals surface area contributed by atoms with Gasteiger partial charge in [-0.05, 0) is 29.8 Å². The van der Waals surface area contributed by atoms with Crippen molar-refractivity contribution in [3.63, 3.8) is 0 Å². The third kappa shape index (κ3) is 4.67. The minimum atomic E-state index is -0.371. The topological polar surface area (TPSA) is 55.1 Å². The molecule has 0 radical (unpaired) electrons. The first kappa shape index (κ1) is 17.2. The number of nitrogens with zero attached hydrogens (tertiary/aromatic N) is 1. The summed E-state index contributed by atoms with van der Waals surface area (Å²) in [6.07, 6.45) is 2.05. The van der Waals surface area contributed by atoms with Crippen LogP contribution in [-0.4, -0.2) is 10.9 Å². The van der Waals surface area contributed by atoms with E-state index in [1.807, 2.05) is 12.1 Å². The van der Waals surface area contributed by atoms with Gasteiger partial charge in [0, 0.05) is 24.4 Å². The van der Waals surface area contributed by atoms with Crippen LogP contribution in [0.1, 0.15) is 17.9 Å². The quantitative estimate of drug-likeness (QED) is 0.711. The average molecular weight is 359 g/mol. The lowest BCUT2D eigenvalue weighted by Gasteiger charge is -2.05. The van der Waals surface area contributed by atoms with Crippen LogP contribution in [0, 0.1) is 5.82 Å². The SMILES string of the molecule is O=C(CCc1ncc(-c2ccccc2F)o1)NCc1cccc(Cl)c1. The van der Waals surface area contributed by atoms with Gasteiger partial charge in [-0.3, -0.25) is 4.79 Å². The number of hydrogen-bond donors (Lipinski definition) is 1. The summed E-state index contributed by atoms with van der Waals surface area (Å²) >= 11 is 5.91. The van der Waals surface area contributed by atoms with Crippen LogP contribution in [0.15, 0.2) is 59.1 Å². The first-order chi connectivity index (χ1) is 12.1. The summed E-state index contributed by atoms with van der Waals surface area (Å²) in [5.41, 5.74) is 1.28. The van der Waals surface area contributed by atoms with Crippen molar-refractivity contribution < 1.29 is 13.6 Å². The number of aromatic nitrogens is 1. The molecule has 0 spiro atoms. The van der Waals surface area contributed by atoms with Gasteiger partial charge in [-0.25, -0.2) is 9.37 Å². The maximum absolute atomic E-state index is 13.7. The molecule has 1 N–H and O–H groups in total. The minimum absolute atomic E-state index is 0.120. The second-order valence-corrected chi connectivity index (χ2v) is 5.94. The highest BCUT2D eigenvalue weighted by molar-refractivity contribution is 6.30. The highest BCUT2D eigenvalue weighted by Crippen LogP contribution is 2.23. The van der Waals surface area contributed by atoms with Crippen molar-refractivity contribution in [2.45, 2.75) is 19.4 Å². The van der Waals surface area contributed by atoms with Crippen molar-refractivity contribution in [2.75, 3.05) is 0 Å². The van der Waals surface area contributed by atoms with Crippen LogP contribution in [0.3, 0.4) is 0 Å². The molecule has 3 aromatic rings. The highest BCUT2D eigenvalue weighted by atomic mass is 35.5. The number of hydrogen-bond acceptors (Lipinski definition) is 3. The number of carbonyl (C=O) groups excluding carboxylic acids is 1. The molecule has 0 atom stereocenters. The predicted octanol–water partition coefficient (Wildman–Crippen LogP) is 4.38. The summed E-state index contributed by atoms with van der Waals surface area (Å²) in [5, 5.41) is 3.45. The predicted molar refractivity (Wildman–Crippen MR) is 93.5 cm³/mol. The molecule has 128 valence electrons. The molecule has 0 saturated carbocycles. The largest absolute Gasteiger partial charge is 0.441 e. The van der Waals surface area contributed by atoms with Crippen LogP contribution < -0.4 is 5.32 Å². The Morgan fingerprint density at radius 2 is 2.04 bits per heavy atom. The molecule has 6 heteroatoms. The zero-order valence-corrected chi connectivity index (χ0v) is 14.1. The Labute approximate surface area is 149 Å². The van der Waals surface area contributed by atoms with E-state index < -0.39 is 0 Å². The Kier molecular flexibility index (Phi) is 5.46. The first-order valence-electron chi connectivity index (χ1n) is 7.82. The lowest BCUT2D eigenvalue weighted by Crippen LogP contribution is -2.23. The van der Waals surface area contributed by atoms with Crippen LogP contribution in [-0.2, 0) is 17.8 Å². The Bertz CT molecular complexity index is 879. The van der Waals surface area contributed by atoms with E-state index in [0.29, 0.717) is 35.2 Å². The van der Waals surface area contributed by atoms with E-state index in [9.17, 15) is 9.18 Å². The fourth-order valence-electron chi connectivity index (χ4n) is 2.37. The second-order valence-electron chi connectivity index (χ2n) is 5.50. The van der Waals surface area contributed by atoms with Crippen LogP contribution in [0.2, 0.25) is 5.02 Å². The minimum Gasteiger partial charge on any atom is -0.441 e. The van der Waals surface area contributed by atoms with Gasteiger partial charge in [0.05, 0.1) is 11.8 Å². The van der Waals surface area contributed by atoms with Crippen molar-refractivity contribution in [1.82, 2.24) is 10.3 Å². The fourth-order valence-corrected chi connectivity index (χ4v) is 2.58. The average Bonchev–Trinajstić information content (AvgIpc) is 3.07. The van der Waals surface area contributed by atoms with Crippen LogP contribution >= 0.6 is 11.6 Å². The Balaban J connectivity index is 1.52. The van der Waals surface area contributed by atoms with Crippen molar-refractivity contribution in [3.8, 4) is 11.3 Å². The Morgan fingerprint density at radius 1 is 1.20 bits per heavy atom. The van der Waals surface area contributed by atoms with Gasteiger partial charge in [0.1, 0.15) is 5.82 Å². The molecule has 1 heterocycles. The van der Waals surface area contributed by atoms with E-state index in [2.05, 4.69) is 10.3 Å². The number of rotatable bonds is 6. The van der Waals surface area contributed by atoms with Crippen LogP contribution in [0.5, 0.6) is 0 Å². The fraction of sp³-hybridized carbons (Fsp3) is 0.158. The molecule has 25 heavy (non-hydrogen) atoms. The number of halogens is 2. The summed E-state index contributed by atoms with van der Waals surface area (Å²) < 4.78 is 19.3. The summed E-state index contributed by atoms with van der Waals surface area (Å²) in [4.78, 5) is 16.0. The molecule has 0 fully saturated rings. The van der Waals surface area contributed by atoms with Crippen LogP contribution in [0.25, 0.3) is 11.3 Å². The number of oxazole rings is 1. The molecule has 3 rings (SSSR count). The first-order valence-corrected chi connectivity index (χ1v) is 8.20. The molecule has 4 nitrogen and oxygen atoms in total. The summed E-state index contributed by atoms with van der Waals surface area (Å²) in [7, 11) is 0. The summed E-state index contributed by atoms with van der Waals surface area (Å²) in [6, 6.07) is 13.6. The smallest absolute Gasteiger partial charge is 0.220 e. The lowest BCUT2D eigenvalue weighted by atomic mass is 10.2. The zero-order chi connectivity index (χ0) is 17.6. The summed E-state index contributed by atoms with van der Waals surface area (Å²) in [5.74, 6) is 0.263. The van der Waals surface area contributed by atoms with Gasteiger partial charge < -0.3 is 9.73 Å². The molecule has 2 aromatic carbocycles. The molecule has 1 amide bonds. The van der Waals surface area contributed by atoms with Gasteiger partial charge in [0.25, 0.3) is 0 Å². The number of nitrogens with one attached hydrogen (secondary N) is 1. The summed E-state index contributed by atoms with van der Waals surface area (Å²) in [6.45, 7) is 0.408. The monoisotopic (exact) mass is 358 g/mol. The third-order valence-corrected chi connectivity index (χ3v) is 3.87. The van der Waals surface area contributed by atoms with Gasteiger partial charge in [0.15, 0.2) is 11.7 Å². The Morgan fingerprint density at radius 3 is 2.84 bits per heavy atom. The highest BCUT2D eigenvalue weighted by Gasteiger charge is 2.11. The molecular formula is C19H16ClFN2O2. The van der Waals surface area contributed by atoms with Crippen LogP contribution in [0.4, 0.5) is 4.39 Å². The van der Waals surface area contributed by atoms with Crippen molar-refractivity contribution >= 4 is 17.5 Å². The zero-order valence-electron chi connectivity index (χ0n) is 13.3. The van der Waals surface area contributed by atoms with Crippen molar-refractivity contribution in [3.05, 3.63) is 77.0 Å². The molecule has 0 aliphatic carbocycles. The molecular weight excluding hydrogens is 343 g/mol. The molecule has 0 saturated heterocycles. The second kappa shape index (κ2) is 7.94. The van der Waals surface area contributed by atoms with E-state index >= 15 is 0 Å². The van der Waals surface area contributed by atoms with Crippen molar-refractivity contribution in [1.29, 1.82) is 0 Å². The molecule has 0 aliphatic heterocycles. The molecule has 1 aromatic heterocycles. The van der Waals surface area contributed by atoms with E-state index in [0.717, 1.165) is 5.56 Å². The van der Waals surface area contributed by atoms with Gasteiger partial charge >= 0.3 is 0 Å². The van der Waals surface area contributed by atoms with Gasteiger partial charge in [-0.2, -0.15) is 0 Å². The standard InChI is InChI=1S/C19H16ClFN2O2/c20-14-5-3-4-13(10-14)11-22-18(24)8-9-19-23-12-17(25-19)15-6-1-2-7-16(15)21/h1-7,10,12H,8-9,11H2,(H,22,24). The van der Waals surface area contributed by atoms with E-state index in [1.54, 1.807) is 30.3 Å². The number of aryl methyl sites for hydroxylation is 1. The lowest BCUT2D eigenvalue weighted by molar-refractivity contribution is -0.121. The maximum Gasteiger partial charge on any atom is 0.220 e. The van der Waals surface area contributed by atoms with E-state index in [4.69, 9.17) is 16.0 Å². The molecule has 0 aliphatic rings. The number of amides is 1. The maximum atomic E-state index is 13.7. The third-order valence-electron chi connectivity index (χ3n) is 3.64. The normalized spacial score (nSPS) is 10.6.